The highest BCUT2D eigenvalue weighted by atomic mass is 79.9. The molecule has 2 heterocycles. The molecular weight excluding hydrogens is 354 g/mol. The van der Waals surface area contributed by atoms with Crippen LogP contribution in [0.5, 0.6) is 17.2 Å². The number of nitro groups is 1. The van der Waals surface area contributed by atoms with Crippen molar-refractivity contribution < 1.29 is 14.4 Å². The molecule has 3 aromatic rings. The molecule has 0 bridgehead atoms. The highest BCUT2D eigenvalue weighted by molar-refractivity contribution is 9.10. The number of methoxy groups -OCH3 is 1. The van der Waals surface area contributed by atoms with Gasteiger partial charge >= 0.3 is 0 Å². The van der Waals surface area contributed by atoms with Crippen LogP contribution < -0.4 is 9.47 Å². The van der Waals surface area contributed by atoms with E-state index in [9.17, 15) is 10.1 Å². The largest absolute Gasteiger partial charge is 0.493 e. The monoisotopic (exact) mass is 363 g/mol. The molecule has 0 saturated carbocycles. The number of rotatable bonds is 4. The molecule has 0 aliphatic heterocycles. The Bertz CT molecular complexity index is 862. The molecule has 7 nitrogen and oxygen atoms in total. The van der Waals surface area contributed by atoms with Gasteiger partial charge in [0.25, 0.3) is 5.69 Å². The molecule has 1 aromatic carbocycles. The van der Waals surface area contributed by atoms with Gasteiger partial charge in [-0.2, -0.15) is 5.10 Å². The van der Waals surface area contributed by atoms with Crippen LogP contribution in [-0.4, -0.2) is 21.6 Å². The number of nitro benzene ring substituents is 1. The van der Waals surface area contributed by atoms with Crippen molar-refractivity contribution in [1.29, 1.82) is 0 Å². The van der Waals surface area contributed by atoms with Gasteiger partial charge in [0.15, 0.2) is 17.2 Å². The van der Waals surface area contributed by atoms with Gasteiger partial charge in [0.2, 0.25) is 0 Å². The summed E-state index contributed by atoms with van der Waals surface area (Å²) in [5.41, 5.74) is 0.705. The van der Waals surface area contributed by atoms with Crippen molar-refractivity contribution in [3.8, 4) is 17.2 Å². The number of hydrogen-bond donors (Lipinski definition) is 0. The zero-order valence-electron chi connectivity index (χ0n) is 11.4. The quantitative estimate of drug-likeness (QED) is 0.520. The SMILES string of the molecule is COc1cc([N+](=O)[O-])ccc1Oc1cc(Br)cn2nccc12. The lowest BCUT2D eigenvalue weighted by molar-refractivity contribution is -0.384. The third kappa shape index (κ3) is 2.60. The van der Waals surface area contributed by atoms with Crippen molar-refractivity contribution in [3.63, 3.8) is 0 Å². The second kappa shape index (κ2) is 5.64. The average Bonchev–Trinajstić information content (AvgIpc) is 2.95. The Kier molecular flexibility index (Phi) is 3.68. The van der Waals surface area contributed by atoms with Crippen LogP contribution in [0.15, 0.2) is 47.2 Å². The molecule has 22 heavy (non-hydrogen) atoms. The van der Waals surface area contributed by atoms with E-state index in [2.05, 4.69) is 21.0 Å². The minimum absolute atomic E-state index is 0.0621. The van der Waals surface area contributed by atoms with Crippen molar-refractivity contribution >= 4 is 27.1 Å². The van der Waals surface area contributed by atoms with Crippen LogP contribution in [0.1, 0.15) is 0 Å². The van der Waals surface area contributed by atoms with Crippen LogP contribution >= 0.6 is 15.9 Å². The van der Waals surface area contributed by atoms with Crippen LogP contribution in [0.2, 0.25) is 0 Å². The highest BCUT2D eigenvalue weighted by Crippen LogP contribution is 2.36. The fourth-order valence-electron chi connectivity index (χ4n) is 2.02. The smallest absolute Gasteiger partial charge is 0.273 e. The summed E-state index contributed by atoms with van der Waals surface area (Å²) < 4.78 is 13.5. The van der Waals surface area contributed by atoms with Gasteiger partial charge < -0.3 is 9.47 Å². The van der Waals surface area contributed by atoms with Crippen molar-refractivity contribution in [2.45, 2.75) is 0 Å². The predicted octanol–water partition coefficient (Wildman–Crippen LogP) is 3.81. The molecule has 112 valence electrons. The predicted molar refractivity (Wildman–Crippen MR) is 82.6 cm³/mol. The lowest BCUT2D eigenvalue weighted by Gasteiger charge is -2.11. The standard InChI is InChI=1S/C14H10BrN3O4/c1-21-14-7-10(18(19)20)2-3-12(14)22-13-6-9(15)8-17-11(13)4-5-16-17/h2-8H,1H3. The molecule has 2 aromatic heterocycles. The maximum absolute atomic E-state index is 10.8. The number of pyridine rings is 1. The summed E-state index contributed by atoms with van der Waals surface area (Å²) >= 11 is 3.39. The van der Waals surface area contributed by atoms with Crippen LogP contribution in [0.4, 0.5) is 5.69 Å². The first-order valence-electron chi connectivity index (χ1n) is 6.21. The van der Waals surface area contributed by atoms with Gasteiger partial charge in [-0.25, -0.2) is 4.52 Å². The summed E-state index contributed by atoms with van der Waals surface area (Å²) in [6.45, 7) is 0. The molecule has 0 N–H and O–H groups in total. The number of aromatic nitrogens is 2. The number of hydrogen-bond acceptors (Lipinski definition) is 5. The summed E-state index contributed by atoms with van der Waals surface area (Å²) in [4.78, 5) is 10.3. The van der Waals surface area contributed by atoms with Gasteiger partial charge in [0.1, 0.15) is 5.52 Å². The van der Waals surface area contributed by atoms with Gasteiger partial charge in [-0.05, 0) is 34.1 Å². The Morgan fingerprint density at radius 2 is 2.05 bits per heavy atom. The van der Waals surface area contributed by atoms with Crippen LogP contribution in [-0.2, 0) is 0 Å². The third-order valence-electron chi connectivity index (χ3n) is 3.02. The van der Waals surface area contributed by atoms with E-state index in [-0.39, 0.29) is 11.4 Å². The molecule has 3 rings (SSSR count). The second-order valence-corrected chi connectivity index (χ2v) is 5.29. The number of ether oxygens (including phenoxy) is 2. The zero-order valence-corrected chi connectivity index (χ0v) is 13.0. The molecule has 0 atom stereocenters. The van der Waals surface area contributed by atoms with E-state index in [0.29, 0.717) is 11.5 Å². The molecule has 0 aliphatic carbocycles. The molecule has 0 spiro atoms. The molecule has 0 unspecified atom stereocenters. The molecule has 0 saturated heterocycles. The number of nitrogens with zero attached hydrogens (tertiary/aromatic N) is 3. The number of halogens is 1. The molecule has 8 heteroatoms. The highest BCUT2D eigenvalue weighted by Gasteiger charge is 2.14. The summed E-state index contributed by atoms with van der Waals surface area (Å²) in [6.07, 6.45) is 3.46. The Hall–Kier alpha value is -2.61. The molecule has 0 radical (unpaired) electrons. The van der Waals surface area contributed by atoms with Crippen LogP contribution in [0.25, 0.3) is 5.52 Å². The average molecular weight is 364 g/mol. The summed E-state index contributed by atoms with van der Waals surface area (Å²) in [5.74, 6) is 1.22. The minimum Gasteiger partial charge on any atom is -0.493 e. The third-order valence-corrected chi connectivity index (χ3v) is 3.45. The van der Waals surface area contributed by atoms with E-state index >= 15 is 0 Å². The van der Waals surface area contributed by atoms with E-state index in [0.717, 1.165) is 9.99 Å². The molecule has 0 fully saturated rings. The van der Waals surface area contributed by atoms with Crippen LogP contribution in [0, 0.1) is 10.1 Å². The van der Waals surface area contributed by atoms with Crippen molar-refractivity contribution in [2.24, 2.45) is 0 Å². The van der Waals surface area contributed by atoms with Crippen molar-refractivity contribution in [3.05, 3.63) is 57.3 Å². The van der Waals surface area contributed by atoms with Gasteiger partial charge in [-0.3, -0.25) is 10.1 Å². The lowest BCUT2D eigenvalue weighted by Crippen LogP contribution is -1.95. The van der Waals surface area contributed by atoms with Gasteiger partial charge in [0.05, 0.1) is 24.3 Å². The number of benzene rings is 1. The van der Waals surface area contributed by atoms with Crippen molar-refractivity contribution in [1.82, 2.24) is 9.61 Å². The van der Waals surface area contributed by atoms with Gasteiger partial charge in [0, 0.05) is 16.7 Å². The Morgan fingerprint density at radius 3 is 2.77 bits per heavy atom. The van der Waals surface area contributed by atoms with E-state index in [1.807, 2.05) is 0 Å². The van der Waals surface area contributed by atoms with Crippen molar-refractivity contribution in [2.75, 3.05) is 7.11 Å². The molecule has 0 aliphatic rings. The topological polar surface area (TPSA) is 78.9 Å². The Balaban J connectivity index is 2.04. The first-order chi connectivity index (χ1) is 10.6. The van der Waals surface area contributed by atoms with E-state index in [1.165, 1.54) is 25.3 Å². The molecular formula is C14H10BrN3O4. The maximum atomic E-state index is 10.8. The fourth-order valence-corrected chi connectivity index (χ4v) is 2.42. The molecule has 0 amide bonds. The minimum atomic E-state index is -0.486. The first kappa shape index (κ1) is 14.3. The Labute approximate surface area is 133 Å². The summed E-state index contributed by atoms with van der Waals surface area (Å²) in [6, 6.07) is 7.78. The number of fused-ring (bicyclic) bond motifs is 1. The lowest BCUT2D eigenvalue weighted by atomic mass is 10.2. The zero-order chi connectivity index (χ0) is 15.7. The van der Waals surface area contributed by atoms with Gasteiger partial charge in [-0.1, -0.05) is 0 Å². The summed E-state index contributed by atoms with van der Waals surface area (Å²) in [5, 5.41) is 15.0. The van der Waals surface area contributed by atoms with Gasteiger partial charge in [-0.15, -0.1) is 0 Å². The second-order valence-electron chi connectivity index (χ2n) is 4.38. The van der Waals surface area contributed by atoms with E-state index in [1.54, 1.807) is 29.0 Å². The van der Waals surface area contributed by atoms with E-state index < -0.39 is 4.92 Å². The number of non-ortho nitro benzene ring substituents is 1. The fraction of sp³-hybridized carbons (Fsp3) is 0.0714. The normalized spacial score (nSPS) is 10.6. The summed E-state index contributed by atoms with van der Waals surface area (Å²) in [7, 11) is 1.43. The maximum Gasteiger partial charge on any atom is 0.273 e. The van der Waals surface area contributed by atoms with E-state index in [4.69, 9.17) is 9.47 Å². The van der Waals surface area contributed by atoms with Crippen LogP contribution in [0.3, 0.4) is 0 Å². The first-order valence-corrected chi connectivity index (χ1v) is 7.01. The Morgan fingerprint density at radius 1 is 1.23 bits per heavy atom.